The van der Waals surface area contributed by atoms with Crippen LogP contribution in [0.3, 0.4) is 0 Å². The van der Waals surface area contributed by atoms with Crippen LogP contribution in [0.4, 0.5) is 4.79 Å². The lowest BCUT2D eigenvalue weighted by molar-refractivity contribution is -0.0442. The molecule has 0 heterocycles. The average Bonchev–Trinajstić information content (AvgIpc) is 2.60. The van der Waals surface area contributed by atoms with Gasteiger partial charge in [0.2, 0.25) is 0 Å². The molecule has 0 aliphatic heterocycles. The van der Waals surface area contributed by atoms with Gasteiger partial charge >= 0.3 is 6.03 Å². The summed E-state index contributed by atoms with van der Waals surface area (Å²) in [5, 5.41) is 5.80. The number of ether oxygens (including phenoxy) is 4. The Labute approximate surface area is 151 Å². The molecule has 0 atom stereocenters. The highest BCUT2D eigenvalue weighted by Crippen LogP contribution is 2.00. The Kier molecular flexibility index (Phi) is 17.0. The summed E-state index contributed by atoms with van der Waals surface area (Å²) in [5.41, 5.74) is 0. The molecular formula is C15H36N2O5Si2. The van der Waals surface area contributed by atoms with Crippen molar-refractivity contribution >= 4 is 25.1 Å². The minimum Gasteiger partial charge on any atom is -0.360 e. The first-order valence-electron chi connectivity index (χ1n) is 8.80. The molecule has 0 aliphatic rings. The number of carbonyl (C=O) groups excluding carboxylic acids is 1. The summed E-state index contributed by atoms with van der Waals surface area (Å²) in [6.45, 7) is 1.45. The fraction of sp³-hybridized carbons (Fsp3) is 0.933. The van der Waals surface area contributed by atoms with Crippen LogP contribution in [0, 0.1) is 0 Å². The zero-order chi connectivity index (χ0) is 18.0. The van der Waals surface area contributed by atoms with Crippen molar-refractivity contribution in [1.82, 2.24) is 10.6 Å². The maximum atomic E-state index is 11.6. The van der Waals surface area contributed by atoms with Crippen molar-refractivity contribution in [2.24, 2.45) is 0 Å². The third-order valence-electron chi connectivity index (χ3n) is 3.86. The molecule has 0 bridgehead atoms. The van der Waals surface area contributed by atoms with E-state index in [1.54, 1.807) is 28.4 Å². The van der Waals surface area contributed by atoms with Crippen LogP contribution < -0.4 is 10.6 Å². The van der Waals surface area contributed by atoms with E-state index >= 15 is 0 Å². The van der Waals surface area contributed by atoms with Crippen molar-refractivity contribution in [3.8, 4) is 0 Å². The van der Waals surface area contributed by atoms with Crippen molar-refractivity contribution < 1.29 is 23.7 Å². The zero-order valence-electron chi connectivity index (χ0n) is 15.8. The van der Waals surface area contributed by atoms with Gasteiger partial charge in [0.15, 0.2) is 0 Å². The van der Waals surface area contributed by atoms with Gasteiger partial charge < -0.3 is 29.6 Å². The number of urea groups is 1. The molecule has 0 aromatic heterocycles. The largest absolute Gasteiger partial charge is 0.360 e. The van der Waals surface area contributed by atoms with Crippen LogP contribution in [-0.2, 0) is 18.9 Å². The lowest BCUT2D eigenvalue weighted by Gasteiger charge is -2.12. The zero-order valence-corrected chi connectivity index (χ0v) is 18.6. The molecule has 7 nitrogen and oxygen atoms in total. The second kappa shape index (κ2) is 17.4. The van der Waals surface area contributed by atoms with Crippen molar-refractivity contribution in [2.45, 2.75) is 49.6 Å². The molecule has 0 aromatic carbocycles. The standard InChI is InChI=1S/C15H36N2O5Si2/c1-19-14(20-2)23-11-7-5-9-16-13(18)17-10-6-8-12-24-15(21-3)22-4/h14-15H,5-12,23-24H2,1-4H3,(H2,16,17,18). The Morgan fingerprint density at radius 3 is 1.46 bits per heavy atom. The van der Waals surface area contributed by atoms with Crippen molar-refractivity contribution in [1.29, 1.82) is 0 Å². The predicted molar refractivity (Wildman–Crippen MR) is 102 cm³/mol. The van der Waals surface area contributed by atoms with Crippen LogP contribution in [0.2, 0.25) is 12.1 Å². The van der Waals surface area contributed by atoms with Crippen molar-refractivity contribution in [3.05, 3.63) is 0 Å². The number of nitrogens with one attached hydrogen (secondary N) is 2. The van der Waals surface area contributed by atoms with Gasteiger partial charge in [-0.15, -0.1) is 0 Å². The van der Waals surface area contributed by atoms with Crippen molar-refractivity contribution in [3.63, 3.8) is 0 Å². The molecule has 0 fully saturated rings. The lowest BCUT2D eigenvalue weighted by atomic mass is 10.3. The molecule has 0 aromatic rings. The van der Waals surface area contributed by atoms with Crippen molar-refractivity contribution in [2.75, 3.05) is 41.5 Å². The van der Waals surface area contributed by atoms with Crippen LogP contribution in [0.1, 0.15) is 25.7 Å². The molecule has 2 amide bonds. The molecule has 0 saturated heterocycles. The fourth-order valence-corrected chi connectivity index (χ4v) is 5.25. The lowest BCUT2D eigenvalue weighted by Crippen LogP contribution is -2.36. The van der Waals surface area contributed by atoms with Gasteiger partial charge in [0.05, 0.1) is 19.0 Å². The summed E-state index contributed by atoms with van der Waals surface area (Å²) in [6.07, 6.45) is 4.23. The fourth-order valence-electron chi connectivity index (χ4n) is 2.36. The second-order valence-electron chi connectivity index (χ2n) is 5.68. The molecule has 0 unspecified atom stereocenters. The first kappa shape index (κ1) is 23.5. The van der Waals surface area contributed by atoms with Gasteiger partial charge in [-0.25, -0.2) is 4.79 Å². The van der Waals surface area contributed by atoms with E-state index in [9.17, 15) is 4.79 Å². The molecule has 0 rings (SSSR count). The van der Waals surface area contributed by atoms with Gasteiger partial charge in [-0.3, -0.25) is 0 Å². The third kappa shape index (κ3) is 13.9. The minimum absolute atomic E-state index is 0.0207. The molecule has 24 heavy (non-hydrogen) atoms. The molecule has 2 N–H and O–H groups in total. The number of unbranched alkanes of at least 4 members (excludes halogenated alkanes) is 2. The van der Waals surface area contributed by atoms with Crippen LogP contribution in [0.25, 0.3) is 0 Å². The first-order chi connectivity index (χ1) is 11.7. The monoisotopic (exact) mass is 380 g/mol. The maximum absolute atomic E-state index is 11.6. The highest BCUT2D eigenvalue weighted by atomic mass is 28.2. The topological polar surface area (TPSA) is 78.1 Å². The Hall–Kier alpha value is -0.456. The third-order valence-corrected chi connectivity index (χ3v) is 7.95. The molecule has 0 aliphatic carbocycles. The number of hydrogen-bond donors (Lipinski definition) is 2. The Morgan fingerprint density at radius 1 is 0.750 bits per heavy atom. The van der Waals surface area contributed by atoms with E-state index in [0.29, 0.717) is 0 Å². The van der Waals surface area contributed by atoms with Crippen LogP contribution in [-0.4, -0.2) is 78.4 Å². The maximum Gasteiger partial charge on any atom is 0.314 e. The number of carbonyl (C=O) groups is 1. The summed E-state index contributed by atoms with van der Waals surface area (Å²) < 4.78 is 20.8. The molecule has 9 heteroatoms. The van der Waals surface area contributed by atoms with Gasteiger partial charge in [-0.2, -0.15) is 0 Å². The Balaban J connectivity index is 3.35. The van der Waals surface area contributed by atoms with Crippen LogP contribution in [0.15, 0.2) is 0 Å². The van der Waals surface area contributed by atoms with Gasteiger partial charge in [-0.05, 0) is 12.8 Å². The highest BCUT2D eigenvalue weighted by molar-refractivity contribution is 6.36. The summed E-state index contributed by atoms with van der Waals surface area (Å²) in [5.74, 6) is 0.0414. The molecule has 0 spiro atoms. The van der Waals surface area contributed by atoms with Gasteiger partial charge in [0.25, 0.3) is 0 Å². The van der Waals surface area contributed by atoms with E-state index in [4.69, 9.17) is 18.9 Å². The van der Waals surface area contributed by atoms with Gasteiger partial charge in [0, 0.05) is 41.5 Å². The number of hydrogen-bond acceptors (Lipinski definition) is 5. The average molecular weight is 381 g/mol. The Bertz CT molecular complexity index is 267. The van der Waals surface area contributed by atoms with E-state index in [2.05, 4.69) is 10.6 Å². The van der Waals surface area contributed by atoms with Crippen LogP contribution in [0.5, 0.6) is 0 Å². The van der Waals surface area contributed by atoms with Crippen LogP contribution >= 0.6 is 0 Å². The Morgan fingerprint density at radius 2 is 1.12 bits per heavy atom. The highest BCUT2D eigenvalue weighted by Gasteiger charge is 2.06. The molecule has 0 saturated carbocycles. The van der Waals surface area contributed by atoms with E-state index < -0.39 is 0 Å². The van der Waals surface area contributed by atoms with Gasteiger partial charge in [0.1, 0.15) is 11.8 Å². The first-order valence-corrected chi connectivity index (χ1v) is 12.4. The predicted octanol–water partition coefficient (Wildman–Crippen LogP) is 0.173. The summed E-state index contributed by atoms with van der Waals surface area (Å²) in [4.78, 5) is 11.6. The molecular weight excluding hydrogens is 344 g/mol. The summed E-state index contributed by atoms with van der Waals surface area (Å²) in [7, 11) is 6.05. The molecule has 0 radical (unpaired) electrons. The number of amides is 2. The number of rotatable bonds is 16. The molecule has 144 valence electrons. The summed E-state index contributed by atoms with van der Waals surface area (Å²) in [6, 6.07) is 2.27. The van der Waals surface area contributed by atoms with E-state index in [1.165, 1.54) is 12.1 Å². The SMILES string of the molecule is COC(OC)[SiH2]CCCCNC(=O)NCCCC[SiH2]C(OC)OC. The van der Waals surface area contributed by atoms with Gasteiger partial charge in [-0.1, -0.05) is 24.9 Å². The minimum atomic E-state index is -0.341. The van der Waals surface area contributed by atoms with E-state index in [-0.39, 0.29) is 36.9 Å². The normalized spacial score (nSPS) is 12.2. The van der Waals surface area contributed by atoms with E-state index in [0.717, 1.165) is 38.8 Å². The smallest absolute Gasteiger partial charge is 0.314 e. The quantitative estimate of drug-likeness (QED) is 0.227. The second-order valence-corrected chi connectivity index (χ2v) is 9.59. The van der Waals surface area contributed by atoms with E-state index in [1.807, 2.05) is 0 Å². The summed E-state index contributed by atoms with van der Waals surface area (Å²) >= 11 is 0. The number of methoxy groups -OCH3 is 4.